The SMILES string of the molecule is CCC1SCCSC1c1noc(C2CC(OC)CN2)n1. The van der Waals surface area contributed by atoms with Crippen LogP contribution in [0.3, 0.4) is 0 Å². The molecule has 2 aliphatic heterocycles. The lowest BCUT2D eigenvalue weighted by molar-refractivity contribution is 0.116. The number of thioether (sulfide) groups is 2. The van der Waals surface area contributed by atoms with E-state index in [0.29, 0.717) is 16.4 Å². The van der Waals surface area contributed by atoms with Gasteiger partial charge in [-0.15, -0.1) is 11.8 Å². The molecule has 3 heterocycles. The number of rotatable bonds is 4. The molecule has 0 saturated carbocycles. The molecule has 4 unspecified atom stereocenters. The van der Waals surface area contributed by atoms with Crippen molar-refractivity contribution < 1.29 is 9.26 Å². The summed E-state index contributed by atoms with van der Waals surface area (Å²) in [6.07, 6.45) is 2.31. The zero-order valence-electron chi connectivity index (χ0n) is 11.9. The largest absolute Gasteiger partial charge is 0.380 e. The second-order valence-electron chi connectivity index (χ2n) is 5.15. The Morgan fingerprint density at radius 2 is 2.25 bits per heavy atom. The van der Waals surface area contributed by atoms with E-state index in [-0.39, 0.29) is 12.1 Å². The molecule has 2 aliphatic rings. The zero-order chi connectivity index (χ0) is 13.9. The van der Waals surface area contributed by atoms with Gasteiger partial charge in [0.25, 0.3) is 0 Å². The van der Waals surface area contributed by atoms with Crippen LogP contribution in [-0.4, -0.2) is 46.7 Å². The van der Waals surface area contributed by atoms with Crippen molar-refractivity contribution in [2.24, 2.45) is 0 Å². The lowest BCUT2D eigenvalue weighted by Gasteiger charge is -2.27. The second kappa shape index (κ2) is 6.68. The molecule has 1 N–H and O–H groups in total. The summed E-state index contributed by atoms with van der Waals surface area (Å²) in [4.78, 5) is 4.65. The molecule has 20 heavy (non-hydrogen) atoms. The highest BCUT2D eigenvalue weighted by Gasteiger charge is 2.33. The Labute approximate surface area is 128 Å². The van der Waals surface area contributed by atoms with Gasteiger partial charge in [0.2, 0.25) is 5.89 Å². The third-order valence-electron chi connectivity index (χ3n) is 3.89. The van der Waals surface area contributed by atoms with E-state index < -0.39 is 0 Å². The molecule has 3 rings (SSSR count). The van der Waals surface area contributed by atoms with Crippen LogP contribution in [0.4, 0.5) is 0 Å². The lowest BCUT2D eigenvalue weighted by Crippen LogP contribution is -2.19. The minimum atomic E-state index is 0.141. The van der Waals surface area contributed by atoms with Gasteiger partial charge in [-0.25, -0.2) is 0 Å². The molecular formula is C13H21N3O2S2. The van der Waals surface area contributed by atoms with Crippen molar-refractivity contribution in [3.05, 3.63) is 11.7 Å². The predicted octanol–water partition coefficient (Wildman–Crippen LogP) is 2.42. The van der Waals surface area contributed by atoms with Crippen molar-refractivity contribution in [3.8, 4) is 0 Å². The molecule has 1 aromatic rings. The second-order valence-corrected chi connectivity index (χ2v) is 7.75. The minimum Gasteiger partial charge on any atom is -0.380 e. The summed E-state index contributed by atoms with van der Waals surface area (Å²) >= 11 is 3.99. The molecule has 4 atom stereocenters. The van der Waals surface area contributed by atoms with Crippen LogP contribution in [0.25, 0.3) is 0 Å². The summed E-state index contributed by atoms with van der Waals surface area (Å²) in [6.45, 7) is 3.09. The molecule has 5 nitrogen and oxygen atoms in total. The van der Waals surface area contributed by atoms with Gasteiger partial charge in [-0.2, -0.15) is 16.7 Å². The third kappa shape index (κ3) is 3.00. The highest BCUT2D eigenvalue weighted by molar-refractivity contribution is 8.06. The lowest BCUT2D eigenvalue weighted by atomic mass is 10.2. The van der Waals surface area contributed by atoms with Crippen LogP contribution >= 0.6 is 23.5 Å². The standard InChI is InChI=1S/C13H21N3O2S2/c1-3-10-11(20-5-4-19-10)12-15-13(18-16-12)9-6-8(17-2)7-14-9/h8-11,14H,3-7H2,1-2H3. The van der Waals surface area contributed by atoms with E-state index in [2.05, 4.69) is 22.4 Å². The quantitative estimate of drug-likeness (QED) is 0.915. The number of hydrogen-bond acceptors (Lipinski definition) is 7. The van der Waals surface area contributed by atoms with Crippen LogP contribution in [0.2, 0.25) is 0 Å². The van der Waals surface area contributed by atoms with Crippen molar-refractivity contribution in [2.45, 2.75) is 42.4 Å². The van der Waals surface area contributed by atoms with E-state index in [1.54, 1.807) is 7.11 Å². The monoisotopic (exact) mass is 315 g/mol. The number of methoxy groups -OCH3 is 1. The Bertz CT molecular complexity index is 443. The molecule has 0 aliphatic carbocycles. The topological polar surface area (TPSA) is 60.2 Å². The van der Waals surface area contributed by atoms with Gasteiger partial charge in [0.05, 0.1) is 17.4 Å². The van der Waals surface area contributed by atoms with Gasteiger partial charge < -0.3 is 14.6 Å². The first-order valence-corrected chi connectivity index (χ1v) is 9.24. The first-order chi connectivity index (χ1) is 9.81. The van der Waals surface area contributed by atoms with E-state index >= 15 is 0 Å². The first kappa shape index (κ1) is 14.7. The average Bonchev–Trinajstić information content (AvgIpc) is 3.15. The summed E-state index contributed by atoms with van der Waals surface area (Å²) in [5, 5.41) is 8.59. The van der Waals surface area contributed by atoms with Crippen LogP contribution in [0.1, 0.15) is 42.8 Å². The fourth-order valence-electron chi connectivity index (χ4n) is 2.72. The van der Waals surface area contributed by atoms with Crippen molar-refractivity contribution in [2.75, 3.05) is 25.2 Å². The van der Waals surface area contributed by atoms with E-state index in [9.17, 15) is 0 Å². The van der Waals surface area contributed by atoms with Gasteiger partial charge in [0.1, 0.15) is 0 Å². The van der Waals surface area contributed by atoms with Gasteiger partial charge in [-0.1, -0.05) is 12.1 Å². The fraction of sp³-hybridized carbons (Fsp3) is 0.846. The van der Waals surface area contributed by atoms with Crippen molar-refractivity contribution >= 4 is 23.5 Å². The predicted molar refractivity (Wildman–Crippen MR) is 82.2 cm³/mol. The molecule has 7 heteroatoms. The maximum atomic E-state index is 5.49. The summed E-state index contributed by atoms with van der Waals surface area (Å²) in [6, 6.07) is 0.141. The molecule has 0 bridgehead atoms. The van der Waals surface area contributed by atoms with Gasteiger partial charge in [-0.05, 0) is 12.8 Å². The first-order valence-electron chi connectivity index (χ1n) is 7.14. The Morgan fingerprint density at radius 1 is 1.40 bits per heavy atom. The summed E-state index contributed by atoms with van der Waals surface area (Å²) < 4.78 is 10.8. The highest BCUT2D eigenvalue weighted by atomic mass is 32.2. The molecule has 0 radical (unpaired) electrons. The average molecular weight is 315 g/mol. The zero-order valence-corrected chi connectivity index (χ0v) is 13.5. The molecule has 2 fully saturated rings. The molecule has 112 valence electrons. The Kier molecular flexibility index (Phi) is 4.91. The molecule has 0 spiro atoms. The summed E-state index contributed by atoms with van der Waals surface area (Å²) in [5.41, 5.74) is 0. The van der Waals surface area contributed by atoms with Crippen molar-refractivity contribution in [1.82, 2.24) is 15.5 Å². The van der Waals surface area contributed by atoms with Crippen molar-refractivity contribution in [1.29, 1.82) is 0 Å². The number of hydrogen-bond donors (Lipinski definition) is 1. The Morgan fingerprint density at radius 3 is 3.00 bits per heavy atom. The fourth-order valence-corrected chi connectivity index (χ4v) is 5.70. The molecule has 0 aromatic carbocycles. The maximum Gasteiger partial charge on any atom is 0.243 e. The Balaban J connectivity index is 1.70. The minimum absolute atomic E-state index is 0.141. The van der Waals surface area contributed by atoms with E-state index in [4.69, 9.17) is 9.26 Å². The summed E-state index contributed by atoms with van der Waals surface area (Å²) in [5.74, 6) is 3.98. The van der Waals surface area contributed by atoms with Crippen LogP contribution in [0, 0.1) is 0 Å². The van der Waals surface area contributed by atoms with Crippen LogP contribution in [0.5, 0.6) is 0 Å². The highest BCUT2D eigenvalue weighted by Crippen LogP contribution is 2.43. The Hall–Kier alpha value is -0.240. The van der Waals surface area contributed by atoms with E-state index in [1.165, 1.54) is 11.5 Å². The van der Waals surface area contributed by atoms with Crippen molar-refractivity contribution in [3.63, 3.8) is 0 Å². The van der Waals surface area contributed by atoms with Gasteiger partial charge in [0.15, 0.2) is 5.82 Å². The number of ether oxygens (including phenoxy) is 1. The number of nitrogens with one attached hydrogen (secondary N) is 1. The van der Waals surface area contributed by atoms with Crippen LogP contribution < -0.4 is 5.32 Å². The van der Waals surface area contributed by atoms with Gasteiger partial charge in [-0.3, -0.25) is 0 Å². The van der Waals surface area contributed by atoms with E-state index in [0.717, 1.165) is 25.2 Å². The number of nitrogens with zero attached hydrogens (tertiary/aromatic N) is 2. The number of aromatic nitrogens is 2. The molecule has 2 saturated heterocycles. The molecular weight excluding hydrogens is 294 g/mol. The van der Waals surface area contributed by atoms with Gasteiger partial charge >= 0.3 is 0 Å². The van der Waals surface area contributed by atoms with Crippen LogP contribution in [-0.2, 0) is 4.74 Å². The molecule has 1 aromatic heterocycles. The maximum absolute atomic E-state index is 5.49. The van der Waals surface area contributed by atoms with Crippen LogP contribution in [0.15, 0.2) is 4.52 Å². The van der Waals surface area contributed by atoms with Gasteiger partial charge in [0, 0.05) is 30.4 Å². The third-order valence-corrected chi connectivity index (χ3v) is 7.13. The smallest absolute Gasteiger partial charge is 0.243 e. The molecule has 0 amide bonds. The van der Waals surface area contributed by atoms with E-state index in [1.807, 2.05) is 23.5 Å². The normalized spacial score (nSPS) is 34.5. The summed E-state index contributed by atoms with van der Waals surface area (Å²) in [7, 11) is 1.75.